The lowest BCUT2D eigenvalue weighted by atomic mass is 10.3. The van der Waals surface area contributed by atoms with Crippen LogP contribution in [-0.2, 0) is 14.9 Å². The normalized spacial score (nSPS) is 14.3. The first-order valence-electron chi connectivity index (χ1n) is 7.93. The van der Waals surface area contributed by atoms with E-state index in [4.69, 9.17) is 27.4 Å². The SMILES string of the molecule is O=C(Nc1nc2ccc(OS(=O)(=O)c3c(Cl)cccc3Cl)cc2s1)C1CC1. The largest absolute Gasteiger partial charge is 0.379 e. The number of rotatable bonds is 5. The highest BCUT2D eigenvalue weighted by Gasteiger charge is 2.30. The summed E-state index contributed by atoms with van der Waals surface area (Å²) in [6, 6.07) is 9.04. The van der Waals surface area contributed by atoms with Gasteiger partial charge in [-0.1, -0.05) is 40.6 Å². The van der Waals surface area contributed by atoms with Crippen LogP contribution in [-0.4, -0.2) is 19.3 Å². The van der Waals surface area contributed by atoms with Crippen molar-refractivity contribution in [2.75, 3.05) is 5.32 Å². The van der Waals surface area contributed by atoms with Crippen molar-refractivity contribution in [3.8, 4) is 5.75 Å². The Bertz CT molecular complexity index is 1140. The minimum absolute atomic E-state index is 0.0218. The van der Waals surface area contributed by atoms with Crippen molar-refractivity contribution in [2.24, 2.45) is 5.92 Å². The van der Waals surface area contributed by atoms with Gasteiger partial charge in [-0.15, -0.1) is 0 Å². The molecule has 27 heavy (non-hydrogen) atoms. The van der Waals surface area contributed by atoms with Crippen LogP contribution in [0.3, 0.4) is 0 Å². The Labute approximate surface area is 169 Å². The van der Waals surface area contributed by atoms with Crippen LogP contribution in [0.25, 0.3) is 10.2 Å². The number of hydrogen-bond donors (Lipinski definition) is 1. The average Bonchev–Trinajstić information content (AvgIpc) is 3.35. The molecule has 1 amide bonds. The molecule has 2 aromatic carbocycles. The summed E-state index contributed by atoms with van der Waals surface area (Å²) in [5.74, 6) is 0.130. The van der Waals surface area contributed by atoms with Gasteiger partial charge in [0.1, 0.15) is 10.6 Å². The molecule has 140 valence electrons. The van der Waals surface area contributed by atoms with Crippen molar-refractivity contribution in [1.29, 1.82) is 0 Å². The van der Waals surface area contributed by atoms with Crippen molar-refractivity contribution in [2.45, 2.75) is 17.7 Å². The van der Waals surface area contributed by atoms with Gasteiger partial charge in [0.2, 0.25) is 5.91 Å². The molecule has 1 aliphatic carbocycles. The molecule has 1 N–H and O–H groups in total. The van der Waals surface area contributed by atoms with Crippen molar-refractivity contribution < 1.29 is 17.4 Å². The predicted octanol–water partition coefficient (Wildman–Crippen LogP) is 4.72. The molecule has 0 radical (unpaired) electrons. The zero-order chi connectivity index (χ0) is 19.2. The number of benzene rings is 2. The standard InChI is InChI=1S/C17H12Cl2N2O4S2/c18-11-2-1-3-12(19)15(11)27(23,24)25-10-6-7-13-14(8-10)26-17(20-13)21-16(22)9-4-5-9/h1-3,6-9H,4-5H2,(H,20,21,22). The first-order valence-corrected chi connectivity index (χ1v) is 10.9. The van der Waals surface area contributed by atoms with Gasteiger partial charge in [-0.25, -0.2) is 4.98 Å². The van der Waals surface area contributed by atoms with E-state index < -0.39 is 10.1 Å². The van der Waals surface area contributed by atoms with Crippen LogP contribution < -0.4 is 9.50 Å². The molecular weight excluding hydrogens is 431 g/mol. The smallest absolute Gasteiger partial charge is 0.342 e. The number of halogens is 2. The first-order chi connectivity index (χ1) is 12.8. The molecule has 1 saturated carbocycles. The predicted molar refractivity (Wildman–Crippen MR) is 105 cm³/mol. The third-order valence-electron chi connectivity index (χ3n) is 3.91. The molecule has 4 rings (SSSR count). The number of amides is 1. The van der Waals surface area contributed by atoms with Gasteiger partial charge >= 0.3 is 10.1 Å². The van der Waals surface area contributed by atoms with E-state index in [1.165, 1.54) is 29.5 Å². The van der Waals surface area contributed by atoms with Crippen LogP contribution >= 0.6 is 34.5 Å². The molecule has 0 saturated heterocycles. The molecule has 0 unspecified atom stereocenters. The molecule has 6 nitrogen and oxygen atoms in total. The monoisotopic (exact) mass is 442 g/mol. The second-order valence-corrected chi connectivity index (χ2v) is 9.33. The van der Waals surface area contributed by atoms with E-state index in [0.29, 0.717) is 15.3 Å². The Morgan fingerprint density at radius 2 is 1.89 bits per heavy atom. The quantitative estimate of drug-likeness (QED) is 0.577. The second kappa shape index (κ2) is 6.94. The molecule has 1 fully saturated rings. The second-order valence-electron chi connectivity index (χ2n) is 6.00. The highest BCUT2D eigenvalue weighted by molar-refractivity contribution is 7.87. The van der Waals surface area contributed by atoms with Gasteiger partial charge in [0.05, 0.1) is 20.3 Å². The lowest BCUT2D eigenvalue weighted by Crippen LogP contribution is -2.12. The van der Waals surface area contributed by atoms with Crippen LogP contribution in [0.5, 0.6) is 5.75 Å². The van der Waals surface area contributed by atoms with Crippen LogP contribution in [0.1, 0.15) is 12.8 Å². The third-order valence-corrected chi connectivity index (χ3v) is 7.05. The Morgan fingerprint density at radius 1 is 1.19 bits per heavy atom. The summed E-state index contributed by atoms with van der Waals surface area (Å²) in [6.45, 7) is 0. The van der Waals surface area contributed by atoms with E-state index >= 15 is 0 Å². The van der Waals surface area contributed by atoms with E-state index in [2.05, 4.69) is 10.3 Å². The fourth-order valence-corrected chi connectivity index (χ4v) is 5.37. The van der Waals surface area contributed by atoms with Gasteiger partial charge < -0.3 is 9.50 Å². The van der Waals surface area contributed by atoms with Crippen molar-refractivity contribution >= 4 is 65.9 Å². The van der Waals surface area contributed by atoms with Crippen molar-refractivity contribution in [3.05, 3.63) is 46.4 Å². The van der Waals surface area contributed by atoms with E-state index in [1.807, 2.05) is 0 Å². The molecule has 1 heterocycles. The molecular formula is C17H12Cl2N2O4S2. The Balaban J connectivity index is 1.61. The van der Waals surface area contributed by atoms with Crippen LogP contribution in [0.4, 0.5) is 5.13 Å². The number of anilines is 1. The van der Waals surface area contributed by atoms with Crippen molar-refractivity contribution in [3.63, 3.8) is 0 Å². The lowest BCUT2D eigenvalue weighted by molar-refractivity contribution is -0.117. The summed E-state index contributed by atoms with van der Waals surface area (Å²) in [7, 11) is -4.21. The zero-order valence-corrected chi connectivity index (χ0v) is 16.8. The summed E-state index contributed by atoms with van der Waals surface area (Å²) < 4.78 is 31.0. The number of fused-ring (bicyclic) bond motifs is 1. The van der Waals surface area contributed by atoms with Gasteiger partial charge in [-0.3, -0.25) is 4.79 Å². The fourth-order valence-electron chi connectivity index (χ4n) is 2.45. The first kappa shape index (κ1) is 18.5. The molecule has 1 aliphatic rings. The molecule has 1 aromatic heterocycles. The number of nitrogens with one attached hydrogen (secondary N) is 1. The van der Waals surface area contributed by atoms with E-state index in [9.17, 15) is 13.2 Å². The number of carbonyl (C=O) groups is 1. The summed E-state index contributed by atoms with van der Waals surface area (Å²) in [4.78, 5) is 15.9. The van der Waals surface area contributed by atoms with E-state index in [0.717, 1.165) is 12.8 Å². The van der Waals surface area contributed by atoms with Crippen LogP contribution in [0.15, 0.2) is 41.3 Å². The average molecular weight is 443 g/mol. The molecule has 0 spiro atoms. The van der Waals surface area contributed by atoms with E-state index in [-0.39, 0.29) is 32.5 Å². The Hall–Kier alpha value is -1.87. The maximum absolute atomic E-state index is 12.6. The fraction of sp³-hybridized carbons (Fsp3) is 0.176. The highest BCUT2D eigenvalue weighted by Crippen LogP contribution is 2.35. The minimum Gasteiger partial charge on any atom is -0.379 e. The Kier molecular flexibility index (Phi) is 4.75. The maximum Gasteiger partial charge on any atom is 0.342 e. The zero-order valence-electron chi connectivity index (χ0n) is 13.6. The van der Waals surface area contributed by atoms with E-state index in [1.54, 1.807) is 18.2 Å². The number of thiazole rings is 1. The Morgan fingerprint density at radius 3 is 2.56 bits per heavy atom. The topological polar surface area (TPSA) is 85.4 Å². The number of aromatic nitrogens is 1. The molecule has 10 heteroatoms. The number of hydrogen-bond acceptors (Lipinski definition) is 6. The van der Waals surface area contributed by atoms with Gasteiger partial charge in [0.15, 0.2) is 5.13 Å². The molecule has 0 aliphatic heterocycles. The summed E-state index contributed by atoms with van der Waals surface area (Å²) >= 11 is 13.2. The van der Waals surface area contributed by atoms with Gasteiger partial charge in [0, 0.05) is 12.0 Å². The summed E-state index contributed by atoms with van der Waals surface area (Å²) in [5.41, 5.74) is 0.631. The number of carbonyl (C=O) groups excluding carboxylic acids is 1. The van der Waals surface area contributed by atoms with Gasteiger partial charge in [0.25, 0.3) is 0 Å². The minimum atomic E-state index is -4.21. The molecule has 0 atom stereocenters. The lowest BCUT2D eigenvalue weighted by Gasteiger charge is -2.09. The van der Waals surface area contributed by atoms with Crippen LogP contribution in [0.2, 0.25) is 10.0 Å². The highest BCUT2D eigenvalue weighted by atomic mass is 35.5. The third kappa shape index (κ3) is 3.89. The maximum atomic E-state index is 12.6. The summed E-state index contributed by atoms with van der Waals surface area (Å²) in [6.07, 6.45) is 1.80. The number of nitrogens with zero attached hydrogens (tertiary/aromatic N) is 1. The molecule has 0 bridgehead atoms. The molecule has 3 aromatic rings. The van der Waals surface area contributed by atoms with Crippen molar-refractivity contribution in [1.82, 2.24) is 4.98 Å². The van der Waals surface area contributed by atoms with Gasteiger partial charge in [-0.05, 0) is 37.1 Å². The van der Waals surface area contributed by atoms with Crippen LogP contribution in [0, 0.1) is 5.92 Å². The van der Waals surface area contributed by atoms with Gasteiger partial charge in [-0.2, -0.15) is 8.42 Å². The summed E-state index contributed by atoms with van der Waals surface area (Å²) in [5, 5.41) is 3.20.